The fourth-order valence-electron chi connectivity index (χ4n) is 2.66. The molecule has 1 amide bonds. The summed E-state index contributed by atoms with van der Waals surface area (Å²) in [4.78, 5) is 23.9. The summed E-state index contributed by atoms with van der Waals surface area (Å²) in [6.45, 7) is 0.658. The molecule has 0 radical (unpaired) electrons. The Morgan fingerprint density at radius 2 is 2.16 bits per heavy atom. The molecule has 0 bridgehead atoms. The van der Waals surface area contributed by atoms with E-state index >= 15 is 0 Å². The van der Waals surface area contributed by atoms with Gasteiger partial charge in [-0.2, -0.15) is 0 Å². The predicted molar refractivity (Wildman–Crippen MR) is 65.6 cm³/mol. The van der Waals surface area contributed by atoms with Gasteiger partial charge in [0.15, 0.2) is 0 Å². The summed E-state index contributed by atoms with van der Waals surface area (Å²) in [7, 11) is 1.60. The van der Waals surface area contributed by atoms with Crippen molar-refractivity contribution in [1.29, 1.82) is 0 Å². The minimum Gasteiger partial charge on any atom is -0.386 e. The van der Waals surface area contributed by atoms with E-state index in [0.29, 0.717) is 19.0 Å². The van der Waals surface area contributed by atoms with Gasteiger partial charge in [-0.25, -0.2) is 0 Å². The third kappa shape index (κ3) is 1.90. The van der Waals surface area contributed by atoms with Crippen molar-refractivity contribution in [2.45, 2.75) is 18.4 Å². The number of nitro groups is 1. The third-order valence-electron chi connectivity index (χ3n) is 3.97. The lowest BCUT2D eigenvalue weighted by molar-refractivity contribution is -0.384. The number of amides is 1. The zero-order chi connectivity index (χ0) is 13.8. The Labute approximate surface area is 109 Å². The molecule has 0 aromatic carbocycles. The van der Waals surface area contributed by atoms with E-state index in [4.69, 9.17) is 0 Å². The van der Waals surface area contributed by atoms with Crippen LogP contribution in [0.15, 0.2) is 12.3 Å². The van der Waals surface area contributed by atoms with Gasteiger partial charge in [-0.05, 0) is 18.8 Å². The van der Waals surface area contributed by atoms with Crippen LogP contribution in [0.4, 0.5) is 5.69 Å². The molecule has 1 saturated heterocycles. The second-order valence-corrected chi connectivity index (χ2v) is 5.49. The maximum Gasteiger partial charge on any atom is 0.287 e. The topological polar surface area (TPSA) is 88.6 Å². The Morgan fingerprint density at radius 3 is 2.63 bits per heavy atom. The van der Waals surface area contributed by atoms with Crippen LogP contribution in [0.5, 0.6) is 0 Å². The molecule has 1 aliphatic carbocycles. The van der Waals surface area contributed by atoms with Gasteiger partial charge in [0.05, 0.1) is 24.2 Å². The zero-order valence-corrected chi connectivity index (χ0v) is 10.6. The normalized spacial score (nSPS) is 21.1. The third-order valence-corrected chi connectivity index (χ3v) is 3.97. The second-order valence-electron chi connectivity index (χ2n) is 5.49. The summed E-state index contributed by atoms with van der Waals surface area (Å²) in [6, 6.07) is 1.27. The number of aromatic nitrogens is 1. The maximum atomic E-state index is 12.2. The largest absolute Gasteiger partial charge is 0.386 e. The van der Waals surface area contributed by atoms with Crippen LogP contribution in [0.3, 0.4) is 0 Å². The first-order valence-corrected chi connectivity index (χ1v) is 6.23. The number of hydrogen-bond donors (Lipinski definition) is 1. The van der Waals surface area contributed by atoms with E-state index in [-0.39, 0.29) is 17.3 Å². The SMILES string of the molecule is Cn1cc([N+](=O)[O-])cc1C(=O)N1CC(O)(C2CC2)C1. The lowest BCUT2D eigenvalue weighted by atomic mass is 9.88. The molecule has 1 N–H and O–H groups in total. The number of aliphatic hydroxyl groups is 1. The Hall–Kier alpha value is -1.89. The first-order chi connectivity index (χ1) is 8.90. The van der Waals surface area contributed by atoms with Gasteiger partial charge in [0.25, 0.3) is 11.6 Å². The molecule has 7 nitrogen and oxygen atoms in total. The van der Waals surface area contributed by atoms with Crippen LogP contribution in [0.2, 0.25) is 0 Å². The van der Waals surface area contributed by atoms with Crippen molar-refractivity contribution < 1.29 is 14.8 Å². The molecule has 3 rings (SSSR count). The zero-order valence-electron chi connectivity index (χ0n) is 10.6. The molecule has 2 aliphatic rings. The number of rotatable bonds is 3. The van der Waals surface area contributed by atoms with Gasteiger partial charge < -0.3 is 14.6 Å². The minimum atomic E-state index is -0.729. The van der Waals surface area contributed by atoms with Crippen molar-refractivity contribution in [3.8, 4) is 0 Å². The van der Waals surface area contributed by atoms with E-state index in [9.17, 15) is 20.0 Å². The molecule has 1 aromatic heterocycles. The van der Waals surface area contributed by atoms with Crippen molar-refractivity contribution in [2.75, 3.05) is 13.1 Å². The quantitative estimate of drug-likeness (QED) is 0.637. The minimum absolute atomic E-state index is 0.0937. The molecule has 102 valence electrons. The summed E-state index contributed by atoms with van der Waals surface area (Å²) in [5, 5.41) is 20.8. The highest BCUT2D eigenvalue weighted by atomic mass is 16.6. The highest BCUT2D eigenvalue weighted by Gasteiger charge is 2.53. The molecule has 2 fully saturated rings. The molecule has 1 aliphatic heterocycles. The summed E-state index contributed by atoms with van der Waals surface area (Å²) in [5.74, 6) is 0.0558. The van der Waals surface area contributed by atoms with Gasteiger partial charge in [0, 0.05) is 13.1 Å². The lowest BCUT2D eigenvalue weighted by Gasteiger charge is -2.46. The van der Waals surface area contributed by atoms with E-state index in [1.807, 2.05) is 0 Å². The van der Waals surface area contributed by atoms with Crippen LogP contribution >= 0.6 is 0 Å². The molecule has 2 heterocycles. The van der Waals surface area contributed by atoms with Gasteiger partial charge >= 0.3 is 0 Å². The molecular formula is C12H15N3O4. The summed E-state index contributed by atoms with van der Waals surface area (Å²) >= 11 is 0. The summed E-state index contributed by atoms with van der Waals surface area (Å²) in [6.07, 6.45) is 3.36. The summed E-state index contributed by atoms with van der Waals surface area (Å²) < 4.78 is 1.45. The van der Waals surface area contributed by atoms with Gasteiger partial charge in [-0.15, -0.1) is 0 Å². The van der Waals surface area contributed by atoms with Crippen LogP contribution in [0.25, 0.3) is 0 Å². The highest BCUT2D eigenvalue weighted by molar-refractivity contribution is 5.94. The van der Waals surface area contributed by atoms with E-state index in [1.165, 1.54) is 21.7 Å². The number of nitrogens with zero attached hydrogens (tertiary/aromatic N) is 3. The fraction of sp³-hybridized carbons (Fsp3) is 0.583. The monoisotopic (exact) mass is 265 g/mol. The molecule has 0 unspecified atom stereocenters. The number of hydrogen-bond acceptors (Lipinski definition) is 4. The van der Waals surface area contributed by atoms with Gasteiger partial charge in [-0.1, -0.05) is 0 Å². The number of carbonyl (C=O) groups excluding carboxylic acids is 1. The first-order valence-electron chi connectivity index (χ1n) is 6.23. The molecule has 0 spiro atoms. The van der Waals surface area contributed by atoms with E-state index in [2.05, 4.69) is 0 Å². The fourth-order valence-corrected chi connectivity index (χ4v) is 2.66. The molecule has 1 aromatic rings. The average Bonchev–Trinajstić information content (AvgIpc) is 3.08. The van der Waals surface area contributed by atoms with Crippen LogP contribution in [-0.2, 0) is 7.05 Å². The Balaban J connectivity index is 1.73. The number of carbonyl (C=O) groups is 1. The lowest BCUT2D eigenvalue weighted by Crippen LogP contribution is -2.64. The molecule has 7 heteroatoms. The highest BCUT2D eigenvalue weighted by Crippen LogP contribution is 2.44. The van der Waals surface area contributed by atoms with E-state index in [0.717, 1.165) is 12.8 Å². The van der Waals surface area contributed by atoms with Crippen molar-refractivity contribution in [1.82, 2.24) is 9.47 Å². The van der Waals surface area contributed by atoms with Crippen LogP contribution in [0, 0.1) is 16.0 Å². The van der Waals surface area contributed by atoms with Crippen LogP contribution < -0.4 is 0 Å². The van der Waals surface area contributed by atoms with Gasteiger partial charge in [0.1, 0.15) is 11.3 Å². The predicted octanol–water partition coefficient (Wildman–Crippen LogP) is 0.530. The van der Waals surface area contributed by atoms with Crippen LogP contribution in [-0.4, -0.2) is 44.1 Å². The standard InChI is InChI=1S/C12H15N3O4/c1-13-5-9(15(18)19)4-10(13)11(16)14-6-12(17,7-14)8-2-3-8/h4-5,8,17H,2-3,6-7H2,1H3. The van der Waals surface area contributed by atoms with Crippen molar-refractivity contribution in [2.24, 2.45) is 13.0 Å². The van der Waals surface area contributed by atoms with Crippen molar-refractivity contribution >= 4 is 11.6 Å². The molecule has 1 saturated carbocycles. The van der Waals surface area contributed by atoms with Gasteiger partial charge in [0.2, 0.25) is 0 Å². The average molecular weight is 265 g/mol. The molecule has 19 heavy (non-hydrogen) atoms. The smallest absolute Gasteiger partial charge is 0.287 e. The summed E-state index contributed by atoms with van der Waals surface area (Å²) in [5.41, 5.74) is -0.541. The Kier molecular flexibility index (Phi) is 2.43. The van der Waals surface area contributed by atoms with Gasteiger partial charge in [-0.3, -0.25) is 14.9 Å². The van der Waals surface area contributed by atoms with Crippen LogP contribution in [0.1, 0.15) is 23.3 Å². The number of likely N-dealkylation sites (tertiary alicyclic amines) is 1. The Morgan fingerprint density at radius 1 is 1.53 bits per heavy atom. The number of β-amino-alcohol motifs (C(OH)–C–C–N with tert-alkyl or cyclic N) is 1. The molecular weight excluding hydrogens is 250 g/mol. The van der Waals surface area contributed by atoms with Crippen molar-refractivity contribution in [3.63, 3.8) is 0 Å². The first kappa shape index (κ1) is 12.2. The maximum absolute atomic E-state index is 12.2. The van der Waals surface area contributed by atoms with E-state index in [1.54, 1.807) is 7.05 Å². The number of aryl methyl sites for hydroxylation is 1. The van der Waals surface area contributed by atoms with Crippen molar-refractivity contribution in [3.05, 3.63) is 28.1 Å². The Bertz CT molecular complexity index is 555. The molecule has 0 atom stereocenters. The van der Waals surface area contributed by atoms with E-state index < -0.39 is 10.5 Å². The second kappa shape index (κ2) is 3.80.